The van der Waals surface area contributed by atoms with Gasteiger partial charge in [-0.15, -0.1) is 0 Å². The summed E-state index contributed by atoms with van der Waals surface area (Å²) in [5.74, 6) is 0.590. The van der Waals surface area contributed by atoms with Crippen molar-refractivity contribution in [2.24, 2.45) is 4.99 Å². The fourth-order valence-corrected chi connectivity index (χ4v) is 2.89. The predicted octanol–water partition coefficient (Wildman–Crippen LogP) is 5.50. The molecule has 4 nitrogen and oxygen atoms in total. The molecule has 0 radical (unpaired) electrons. The number of allylic oxidation sites excluding steroid dienone is 1. The lowest BCUT2D eigenvalue weighted by atomic mass is 10.0. The van der Waals surface area contributed by atoms with E-state index in [0.29, 0.717) is 17.9 Å². The number of carbonyl (C=O) groups excluding carboxylic acids is 1. The fourth-order valence-electron chi connectivity index (χ4n) is 2.89. The van der Waals surface area contributed by atoms with Crippen LogP contribution in [0.1, 0.15) is 18.1 Å². The van der Waals surface area contributed by atoms with Crippen molar-refractivity contribution in [1.29, 1.82) is 0 Å². The second-order valence-electron chi connectivity index (χ2n) is 6.61. The van der Waals surface area contributed by atoms with E-state index in [1.165, 1.54) is 25.4 Å². The lowest BCUT2D eigenvalue weighted by molar-refractivity contribution is -0.137. The third-order valence-electron chi connectivity index (χ3n) is 4.35. The zero-order chi connectivity index (χ0) is 22.1. The molecule has 7 heteroatoms. The molecule has 2 rings (SSSR count). The quantitative estimate of drug-likeness (QED) is 0.400. The first-order chi connectivity index (χ1) is 14.3. The average molecular weight is 416 g/mol. The topological polar surface area (TPSA) is 41.9 Å². The van der Waals surface area contributed by atoms with E-state index in [9.17, 15) is 18.0 Å². The van der Waals surface area contributed by atoms with E-state index in [2.05, 4.69) is 11.6 Å². The van der Waals surface area contributed by atoms with Gasteiger partial charge in [-0.05, 0) is 48.4 Å². The van der Waals surface area contributed by atoms with Crippen LogP contribution in [0.3, 0.4) is 0 Å². The first kappa shape index (κ1) is 22.9. The van der Waals surface area contributed by atoms with Gasteiger partial charge < -0.3 is 9.64 Å². The van der Waals surface area contributed by atoms with Crippen LogP contribution in [0.4, 0.5) is 13.2 Å². The highest BCUT2D eigenvalue weighted by molar-refractivity contribution is 5.72. The van der Waals surface area contributed by atoms with Gasteiger partial charge in [-0.3, -0.25) is 9.79 Å². The number of benzene rings is 2. The summed E-state index contributed by atoms with van der Waals surface area (Å²) in [5, 5.41) is 0. The van der Waals surface area contributed by atoms with Crippen molar-refractivity contribution in [3.63, 3.8) is 0 Å². The Balaban J connectivity index is 2.27. The van der Waals surface area contributed by atoms with Crippen LogP contribution in [-0.4, -0.2) is 31.2 Å². The summed E-state index contributed by atoms with van der Waals surface area (Å²) >= 11 is 0. The Morgan fingerprint density at radius 2 is 1.83 bits per heavy atom. The van der Waals surface area contributed by atoms with Gasteiger partial charge >= 0.3 is 6.18 Å². The van der Waals surface area contributed by atoms with E-state index >= 15 is 0 Å². The standard InChI is InChI=1S/C23H23F3N2O2/c1-4-27-12-11-17(2)14-28(16-29)15-20-13-19(7-10-22(20)30-3)18-5-8-21(9-6-18)23(24,25)26/h4-13,16H,1,14-15H2,2-3H3/b17-11+,27-12-. The number of amides is 1. The van der Waals surface area contributed by atoms with Gasteiger partial charge in [0.25, 0.3) is 0 Å². The molecule has 0 heterocycles. The van der Waals surface area contributed by atoms with Gasteiger partial charge in [0.15, 0.2) is 0 Å². The van der Waals surface area contributed by atoms with Crippen LogP contribution in [0.25, 0.3) is 11.1 Å². The van der Waals surface area contributed by atoms with E-state index in [1.807, 2.05) is 13.0 Å². The molecule has 0 saturated heterocycles. The van der Waals surface area contributed by atoms with Crippen LogP contribution in [0.2, 0.25) is 0 Å². The Hall–Kier alpha value is -3.35. The minimum atomic E-state index is -4.38. The van der Waals surface area contributed by atoms with E-state index < -0.39 is 11.7 Å². The minimum Gasteiger partial charge on any atom is -0.496 e. The Labute approximate surface area is 174 Å². The molecule has 30 heavy (non-hydrogen) atoms. The molecule has 0 aliphatic heterocycles. The summed E-state index contributed by atoms with van der Waals surface area (Å²) in [4.78, 5) is 17.0. The molecule has 0 saturated carbocycles. The van der Waals surface area contributed by atoms with Crippen LogP contribution in [0, 0.1) is 0 Å². The van der Waals surface area contributed by atoms with Crippen LogP contribution in [0.5, 0.6) is 5.75 Å². The van der Waals surface area contributed by atoms with Crippen LogP contribution >= 0.6 is 0 Å². The van der Waals surface area contributed by atoms with Crippen molar-refractivity contribution < 1.29 is 22.7 Å². The normalized spacial score (nSPS) is 12.1. The zero-order valence-corrected chi connectivity index (χ0v) is 16.8. The zero-order valence-electron chi connectivity index (χ0n) is 16.8. The van der Waals surface area contributed by atoms with E-state index in [-0.39, 0.29) is 6.54 Å². The highest BCUT2D eigenvalue weighted by Crippen LogP contribution is 2.32. The summed E-state index contributed by atoms with van der Waals surface area (Å²) in [6, 6.07) is 10.3. The van der Waals surface area contributed by atoms with Crippen LogP contribution < -0.4 is 4.74 Å². The number of hydrogen-bond acceptors (Lipinski definition) is 3. The first-order valence-corrected chi connectivity index (χ1v) is 9.12. The average Bonchev–Trinajstić information content (AvgIpc) is 2.73. The molecule has 0 aliphatic carbocycles. The molecule has 158 valence electrons. The van der Waals surface area contributed by atoms with Crippen molar-refractivity contribution in [2.75, 3.05) is 13.7 Å². The maximum absolute atomic E-state index is 12.8. The van der Waals surface area contributed by atoms with Crippen LogP contribution in [0.15, 0.2) is 71.9 Å². The fraction of sp³-hybridized carbons (Fsp3) is 0.217. The summed E-state index contributed by atoms with van der Waals surface area (Å²) in [6.45, 7) is 6.04. The maximum Gasteiger partial charge on any atom is 0.416 e. The Bertz CT molecular complexity index is 932. The molecule has 0 unspecified atom stereocenters. The van der Waals surface area contributed by atoms with Gasteiger partial charge in [0.2, 0.25) is 6.41 Å². The molecule has 0 bridgehead atoms. The first-order valence-electron chi connectivity index (χ1n) is 9.12. The number of methoxy groups -OCH3 is 1. The molecule has 1 amide bonds. The molecular weight excluding hydrogens is 393 g/mol. The molecule has 2 aromatic rings. The molecule has 0 spiro atoms. The molecular formula is C23H23F3N2O2. The molecule has 0 N–H and O–H groups in total. The van der Waals surface area contributed by atoms with Gasteiger partial charge in [0.05, 0.1) is 12.7 Å². The van der Waals surface area contributed by atoms with E-state index in [0.717, 1.165) is 35.2 Å². The van der Waals surface area contributed by atoms with Crippen molar-refractivity contribution in [3.05, 3.63) is 78.0 Å². The number of ether oxygens (including phenoxy) is 1. The summed E-state index contributed by atoms with van der Waals surface area (Å²) in [5.41, 5.74) is 2.34. The smallest absolute Gasteiger partial charge is 0.416 e. The monoisotopic (exact) mass is 416 g/mol. The number of rotatable bonds is 9. The third-order valence-corrected chi connectivity index (χ3v) is 4.35. The molecule has 0 atom stereocenters. The van der Waals surface area contributed by atoms with Crippen LogP contribution in [-0.2, 0) is 17.5 Å². The third kappa shape index (κ3) is 6.34. The van der Waals surface area contributed by atoms with Gasteiger partial charge in [-0.1, -0.05) is 30.4 Å². The lowest BCUT2D eigenvalue weighted by Crippen LogP contribution is -2.23. The molecule has 0 aromatic heterocycles. The number of halogens is 3. The van der Waals surface area contributed by atoms with E-state index in [4.69, 9.17) is 4.74 Å². The Morgan fingerprint density at radius 3 is 2.40 bits per heavy atom. The van der Waals surface area contributed by atoms with Crippen molar-refractivity contribution in [2.45, 2.75) is 19.6 Å². The highest BCUT2D eigenvalue weighted by Gasteiger charge is 2.30. The second-order valence-corrected chi connectivity index (χ2v) is 6.61. The van der Waals surface area contributed by atoms with Crippen molar-refractivity contribution >= 4 is 12.6 Å². The SMILES string of the molecule is C=C/N=C\C=C(/C)CN(C=O)Cc1cc(-c2ccc(C(F)(F)F)cc2)ccc1OC. The molecule has 0 fully saturated rings. The van der Waals surface area contributed by atoms with Crippen molar-refractivity contribution in [3.8, 4) is 16.9 Å². The minimum absolute atomic E-state index is 0.283. The van der Waals surface area contributed by atoms with Crippen molar-refractivity contribution in [1.82, 2.24) is 4.90 Å². The van der Waals surface area contributed by atoms with Gasteiger partial charge in [-0.2, -0.15) is 13.2 Å². The molecule has 2 aromatic carbocycles. The summed E-state index contributed by atoms with van der Waals surface area (Å²) < 4.78 is 43.8. The predicted molar refractivity (Wildman–Crippen MR) is 112 cm³/mol. The number of hydrogen-bond donors (Lipinski definition) is 0. The maximum atomic E-state index is 12.8. The Morgan fingerprint density at radius 1 is 1.17 bits per heavy atom. The summed E-state index contributed by atoms with van der Waals surface area (Å²) in [6.07, 6.45) is 1.16. The van der Waals surface area contributed by atoms with E-state index in [1.54, 1.807) is 29.3 Å². The number of carbonyl (C=O) groups is 1. The van der Waals surface area contributed by atoms with Gasteiger partial charge in [-0.25, -0.2) is 0 Å². The second kappa shape index (κ2) is 10.4. The van der Waals surface area contributed by atoms with Gasteiger partial charge in [0, 0.05) is 31.1 Å². The number of aliphatic imine (C=N–C) groups is 1. The van der Waals surface area contributed by atoms with Gasteiger partial charge in [0.1, 0.15) is 5.75 Å². The Kier molecular flexibility index (Phi) is 7.98. The number of alkyl halides is 3. The summed E-state index contributed by atoms with van der Waals surface area (Å²) in [7, 11) is 1.53. The number of nitrogens with zero attached hydrogens (tertiary/aromatic N) is 2. The highest BCUT2D eigenvalue weighted by atomic mass is 19.4. The largest absolute Gasteiger partial charge is 0.496 e. The molecule has 0 aliphatic rings. The lowest BCUT2D eigenvalue weighted by Gasteiger charge is -2.20.